The second-order valence-electron chi connectivity index (χ2n) is 6.07. The Morgan fingerprint density at radius 3 is 2.52 bits per heavy atom. The molecule has 0 unspecified atom stereocenters. The van der Waals surface area contributed by atoms with Crippen molar-refractivity contribution in [3.63, 3.8) is 0 Å². The summed E-state index contributed by atoms with van der Waals surface area (Å²) in [4.78, 5) is 16.9. The van der Waals surface area contributed by atoms with E-state index in [2.05, 4.69) is 18.7 Å². The van der Waals surface area contributed by atoms with Crippen LogP contribution in [0.4, 0.5) is 5.69 Å². The lowest BCUT2D eigenvalue weighted by atomic mass is 10.0. The molecule has 4 nitrogen and oxygen atoms in total. The predicted molar refractivity (Wildman–Crippen MR) is 86.0 cm³/mol. The van der Waals surface area contributed by atoms with Crippen LogP contribution in [-0.2, 0) is 4.79 Å². The fourth-order valence-corrected chi connectivity index (χ4v) is 2.68. The number of hydrogen-bond acceptors (Lipinski definition) is 3. The summed E-state index contributed by atoms with van der Waals surface area (Å²) in [5.41, 5.74) is 1.23. The summed E-state index contributed by atoms with van der Waals surface area (Å²) < 4.78 is 5.87. The van der Waals surface area contributed by atoms with Crippen molar-refractivity contribution in [2.45, 2.75) is 40.2 Å². The van der Waals surface area contributed by atoms with Crippen molar-refractivity contribution in [2.75, 3.05) is 31.1 Å². The zero-order chi connectivity index (χ0) is 15.6. The Morgan fingerprint density at radius 1 is 1.24 bits per heavy atom. The predicted octanol–water partition coefficient (Wildman–Crippen LogP) is 2.84. The first-order valence-corrected chi connectivity index (χ1v) is 7.73. The number of benzene rings is 1. The van der Waals surface area contributed by atoms with Gasteiger partial charge in [0.1, 0.15) is 5.75 Å². The van der Waals surface area contributed by atoms with Crippen molar-refractivity contribution in [1.29, 1.82) is 0 Å². The smallest absolute Gasteiger partial charge is 0.270 e. The molecule has 0 aromatic heterocycles. The van der Waals surface area contributed by atoms with Crippen LogP contribution in [0.2, 0.25) is 0 Å². The van der Waals surface area contributed by atoms with Gasteiger partial charge < -0.3 is 14.5 Å². The van der Waals surface area contributed by atoms with E-state index < -0.39 is 5.60 Å². The number of rotatable bonds is 5. The van der Waals surface area contributed by atoms with Crippen LogP contribution in [0.5, 0.6) is 5.75 Å². The molecule has 116 valence electrons. The lowest BCUT2D eigenvalue weighted by Gasteiger charge is -2.39. The van der Waals surface area contributed by atoms with Crippen LogP contribution in [0.25, 0.3) is 0 Å². The first kappa shape index (κ1) is 15.8. The number of anilines is 1. The van der Waals surface area contributed by atoms with Crippen molar-refractivity contribution in [3.8, 4) is 5.75 Å². The zero-order valence-corrected chi connectivity index (χ0v) is 13.8. The number of ether oxygens (including phenoxy) is 1. The fourth-order valence-electron chi connectivity index (χ4n) is 2.68. The van der Waals surface area contributed by atoms with Crippen LogP contribution in [0, 0.1) is 6.92 Å². The molecule has 0 saturated carbocycles. The van der Waals surface area contributed by atoms with E-state index in [4.69, 9.17) is 4.74 Å². The highest BCUT2D eigenvalue weighted by molar-refractivity contribution is 6.02. The molecule has 1 aromatic carbocycles. The molecule has 1 amide bonds. The Morgan fingerprint density at radius 2 is 1.90 bits per heavy atom. The summed E-state index contributed by atoms with van der Waals surface area (Å²) in [6.45, 7) is 13.6. The maximum Gasteiger partial charge on any atom is 0.270 e. The van der Waals surface area contributed by atoms with E-state index in [1.807, 2.05) is 43.9 Å². The number of hydrogen-bond donors (Lipinski definition) is 0. The maximum absolute atomic E-state index is 12.7. The van der Waals surface area contributed by atoms with E-state index in [0.717, 1.165) is 36.6 Å². The number of nitrogens with zero attached hydrogens (tertiary/aromatic N) is 2. The largest absolute Gasteiger partial charge is 0.476 e. The Balaban J connectivity index is 2.29. The molecule has 1 aromatic rings. The summed E-state index contributed by atoms with van der Waals surface area (Å²) in [6.07, 6.45) is 0. The minimum atomic E-state index is -0.800. The number of carbonyl (C=O) groups excluding carboxylic acids is 1. The fraction of sp³-hybridized carbons (Fsp3) is 0.588. The van der Waals surface area contributed by atoms with Crippen molar-refractivity contribution in [1.82, 2.24) is 4.90 Å². The molecule has 0 fully saturated rings. The second-order valence-corrected chi connectivity index (χ2v) is 6.07. The molecule has 0 bridgehead atoms. The maximum atomic E-state index is 12.7. The normalized spacial score (nSPS) is 16.9. The number of amides is 1. The molecule has 2 rings (SSSR count). The highest BCUT2D eigenvalue weighted by Gasteiger charge is 2.40. The van der Waals surface area contributed by atoms with Crippen molar-refractivity contribution >= 4 is 11.6 Å². The summed E-state index contributed by atoms with van der Waals surface area (Å²) in [7, 11) is 0. The minimum Gasteiger partial charge on any atom is -0.476 e. The summed E-state index contributed by atoms with van der Waals surface area (Å²) in [6, 6.07) is 6.02. The van der Waals surface area contributed by atoms with Gasteiger partial charge >= 0.3 is 0 Å². The van der Waals surface area contributed by atoms with Gasteiger partial charge in [0.05, 0.1) is 5.69 Å². The quantitative estimate of drug-likeness (QED) is 0.836. The molecule has 0 radical (unpaired) electrons. The SMILES string of the molecule is CCN(CC)CCN1C(=O)C(C)(C)Oc2ccc(C)cc21. The molecular weight excluding hydrogens is 264 g/mol. The summed E-state index contributed by atoms with van der Waals surface area (Å²) >= 11 is 0. The van der Waals surface area contributed by atoms with E-state index in [-0.39, 0.29) is 5.91 Å². The molecule has 1 heterocycles. The van der Waals surface area contributed by atoms with Crippen LogP contribution >= 0.6 is 0 Å². The Hall–Kier alpha value is -1.55. The minimum absolute atomic E-state index is 0.0350. The number of carbonyl (C=O) groups is 1. The monoisotopic (exact) mass is 290 g/mol. The summed E-state index contributed by atoms with van der Waals surface area (Å²) in [5, 5.41) is 0. The average Bonchev–Trinajstić information content (AvgIpc) is 2.44. The van der Waals surface area contributed by atoms with Gasteiger partial charge in [-0.05, 0) is 51.6 Å². The van der Waals surface area contributed by atoms with Gasteiger partial charge in [-0.3, -0.25) is 4.79 Å². The number of likely N-dealkylation sites (N-methyl/N-ethyl adjacent to an activating group) is 1. The van der Waals surface area contributed by atoms with Crippen LogP contribution < -0.4 is 9.64 Å². The van der Waals surface area contributed by atoms with E-state index >= 15 is 0 Å². The molecule has 0 spiro atoms. The Kier molecular flexibility index (Phi) is 4.57. The molecular formula is C17H26N2O2. The lowest BCUT2D eigenvalue weighted by Crippen LogP contribution is -2.54. The molecule has 0 atom stereocenters. The van der Waals surface area contributed by atoms with Crippen molar-refractivity contribution in [3.05, 3.63) is 23.8 Å². The second kappa shape index (κ2) is 6.06. The lowest BCUT2D eigenvalue weighted by molar-refractivity contribution is -0.132. The molecule has 21 heavy (non-hydrogen) atoms. The standard InChI is InChI=1S/C17H26N2O2/c1-6-18(7-2)10-11-19-14-12-13(3)8-9-15(14)21-17(4,5)16(19)20/h8-9,12H,6-7,10-11H2,1-5H3. The first-order chi connectivity index (χ1) is 9.89. The topological polar surface area (TPSA) is 32.8 Å². The van der Waals surface area contributed by atoms with Gasteiger partial charge in [0.25, 0.3) is 5.91 Å². The molecule has 1 aliphatic heterocycles. The van der Waals surface area contributed by atoms with Gasteiger partial charge in [0.2, 0.25) is 0 Å². The third-order valence-electron chi connectivity index (χ3n) is 4.06. The van der Waals surface area contributed by atoms with Crippen LogP contribution in [0.3, 0.4) is 0 Å². The van der Waals surface area contributed by atoms with Gasteiger partial charge in [-0.25, -0.2) is 0 Å². The van der Waals surface area contributed by atoms with Gasteiger partial charge in [0.15, 0.2) is 5.60 Å². The van der Waals surface area contributed by atoms with E-state index in [0.29, 0.717) is 6.54 Å². The van der Waals surface area contributed by atoms with Crippen LogP contribution in [-0.4, -0.2) is 42.6 Å². The van der Waals surface area contributed by atoms with E-state index in [1.165, 1.54) is 0 Å². The molecule has 0 N–H and O–H groups in total. The highest BCUT2D eigenvalue weighted by atomic mass is 16.5. The van der Waals surface area contributed by atoms with Gasteiger partial charge in [0, 0.05) is 13.1 Å². The molecule has 0 aliphatic carbocycles. The van der Waals surface area contributed by atoms with Gasteiger partial charge in [-0.15, -0.1) is 0 Å². The third-order valence-corrected chi connectivity index (χ3v) is 4.06. The number of fused-ring (bicyclic) bond motifs is 1. The number of aryl methyl sites for hydroxylation is 1. The molecule has 4 heteroatoms. The summed E-state index contributed by atoms with van der Waals surface area (Å²) in [5.74, 6) is 0.831. The molecule has 0 saturated heterocycles. The van der Waals surface area contributed by atoms with Crippen molar-refractivity contribution < 1.29 is 9.53 Å². The van der Waals surface area contributed by atoms with E-state index in [9.17, 15) is 4.79 Å². The average molecular weight is 290 g/mol. The zero-order valence-electron chi connectivity index (χ0n) is 13.8. The Bertz CT molecular complexity index is 522. The Labute approximate surface area is 127 Å². The highest BCUT2D eigenvalue weighted by Crippen LogP contribution is 2.38. The third kappa shape index (κ3) is 3.21. The molecule has 1 aliphatic rings. The first-order valence-electron chi connectivity index (χ1n) is 7.73. The van der Waals surface area contributed by atoms with Crippen molar-refractivity contribution in [2.24, 2.45) is 0 Å². The van der Waals surface area contributed by atoms with E-state index in [1.54, 1.807) is 0 Å². The van der Waals surface area contributed by atoms with Crippen LogP contribution in [0.15, 0.2) is 18.2 Å². The van der Waals surface area contributed by atoms with Gasteiger partial charge in [-0.1, -0.05) is 19.9 Å². The van der Waals surface area contributed by atoms with Crippen LogP contribution in [0.1, 0.15) is 33.3 Å². The van der Waals surface area contributed by atoms with Gasteiger partial charge in [-0.2, -0.15) is 0 Å².